The van der Waals surface area contributed by atoms with Crippen LogP contribution in [0.4, 0.5) is 0 Å². The Labute approximate surface area is 104 Å². The van der Waals surface area contributed by atoms with Crippen LogP contribution in [0.1, 0.15) is 44.7 Å². The summed E-state index contributed by atoms with van der Waals surface area (Å²) >= 11 is 0. The molecule has 1 aliphatic rings. The van der Waals surface area contributed by atoms with Crippen molar-refractivity contribution in [3.63, 3.8) is 0 Å². The van der Waals surface area contributed by atoms with Gasteiger partial charge in [0, 0.05) is 30.5 Å². The molecule has 2 heterocycles. The SMILES string of the molecule is CC(CC1CCCN1)NC(C)c1ccncc1. The Bertz CT molecular complexity index is 319. The number of hydrogen-bond acceptors (Lipinski definition) is 3. The maximum absolute atomic E-state index is 4.05. The summed E-state index contributed by atoms with van der Waals surface area (Å²) < 4.78 is 0. The summed E-state index contributed by atoms with van der Waals surface area (Å²) in [5.41, 5.74) is 1.31. The van der Waals surface area contributed by atoms with E-state index in [4.69, 9.17) is 0 Å². The lowest BCUT2D eigenvalue weighted by molar-refractivity contribution is 0.407. The molecule has 1 fully saturated rings. The highest BCUT2D eigenvalue weighted by Crippen LogP contribution is 2.15. The molecule has 1 aromatic heterocycles. The molecule has 2 rings (SSSR count). The normalized spacial score (nSPS) is 23.5. The lowest BCUT2D eigenvalue weighted by Crippen LogP contribution is -2.35. The zero-order valence-electron chi connectivity index (χ0n) is 10.8. The molecule has 1 saturated heterocycles. The van der Waals surface area contributed by atoms with Crippen LogP contribution in [-0.4, -0.2) is 23.6 Å². The van der Waals surface area contributed by atoms with Gasteiger partial charge >= 0.3 is 0 Å². The first kappa shape index (κ1) is 12.5. The van der Waals surface area contributed by atoms with Crippen LogP contribution in [0.2, 0.25) is 0 Å². The highest BCUT2D eigenvalue weighted by atomic mass is 15.0. The third-order valence-electron chi connectivity index (χ3n) is 3.54. The molecule has 94 valence electrons. The monoisotopic (exact) mass is 233 g/mol. The van der Waals surface area contributed by atoms with Crippen LogP contribution < -0.4 is 10.6 Å². The lowest BCUT2D eigenvalue weighted by Gasteiger charge is -2.23. The molecule has 1 aliphatic heterocycles. The summed E-state index contributed by atoms with van der Waals surface area (Å²) in [6, 6.07) is 5.82. The molecule has 3 atom stereocenters. The molecule has 0 radical (unpaired) electrons. The second kappa shape index (κ2) is 6.12. The minimum atomic E-state index is 0.398. The third-order valence-corrected chi connectivity index (χ3v) is 3.54. The fourth-order valence-electron chi connectivity index (χ4n) is 2.63. The Morgan fingerprint density at radius 1 is 1.41 bits per heavy atom. The van der Waals surface area contributed by atoms with E-state index < -0.39 is 0 Å². The number of rotatable bonds is 5. The molecule has 3 nitrogen and oxygen atoms in total. The summed E-state index contributed by atoms with van der Waals surface area (Å²) in [4.78, 5) is 4.05. The smallest absolute Gasteiger partial charge is 0.0295 e. The average molecular weight is 233 g/mol. The van der Waals surface area contributed by atoms with Gasteiger partial charge in [-0.1, -0.05) is 0 Å². The molecule has 0 aliphatic carbocycles. The predicted molar refractivity (Wildman–Crippen MR) is 70.9 cm³/mol. The standard InChI is InChI=1S/C14H23N3/c1-11(10-14-4-3-7-16-14)17-12(2)13-5-8-15-9-6-13/h5-6,8-9,11-12,14,16-17H,3-4,7,10H2,1-2H3. The lowest BCUT2D eigenvalue weighted by atomic mass is 10.0. The average Bonchev–Trinajstić information content (AvgIpc) is 2.82. The molecule has 0 bridgehead atoms. The third kappa shape index (κ3) is 3.79. The van der Waals surface area contributed by atoms with E-state index in [0.717, 1.165) is 0 Å². The number of aromatic nitrogens is 1. The van der Waals surface area contributed by atoms with Gasteiger partial charge in [-0.15, -0.1) is 0 Å². The van der Waals surface area contributed by atoms with E-state index in [1.165, 1.54) is 31.4 Å². The van der Waals surface area contributed by atoms with Gasteiger partial charge in [0.15, 0.2) is 0 Å². The van der Waals surface area contributed by atoms with Crippen molar-refractivity contribution < 1.29 is 0 Å². The molecule has 3 unspecified atom stereocenters. The Hall–Kier alpha value is -0.930. The van der Waals surface area contributed by atoms with Crippen molar-refractivity contribution >= 4 is 0 Å². The van der Waals surface area contributed by atoms with Gasteiger partial charge < -0.3 is 10.6 Å². The molecule has 17 heavy (non-hydrogen) atoms. The number of nitrogens with zero attached hydrogens (tertiary/aromatic N) is 1. The molecular formula is C14H23N3. The van der Waals surface area contributed by atoms with Gasteiger partial charge in [0.25, 0.3) is 0 Å². The van der Waals surface area contributed by atoms with Crippen molar-refractivity contribution in [2.75, 3.05) is 6.54 Å². The molecule has 1 aromatic rings. The van der Waals surface area contributed by atoms with Gasteiger partial charge in [-0.05, 0) is 57.4 Å². The first-order valence-corrected chi connectivity index (χ1v) is 6.65. The van der Waals surface area contributed by atoms with Crippen LogP contribution in [0.3, 0.4) is 0 Å². The molecule has 3 heteroatoms. The number of hydrogen-bond donors (Lipinski definition) is 2. The quantitative estimate of drug-likeness (QED) is 0.819. The maximum Gasteiger partial charge on any atom is 0.0295 e. The topological polar surface area (TPSA) is 37.0 Å². The van der Waals surface area contributed by atoms with Crippen LogP contribution >= 0.6 is 0 Å². The van der Waals surface area contributed by atoms with Crippen molar-refractivity contribution in [1.82, 2.24) is 15.6 Å². The van der Waals surface area contributed by atoms with E-state index in [0.29, 0.717) is 18.1 Å². The molecule has 0 spiro atoms. The second-order valence-electron chi connectivity index (χ2n) is 5.10. The van der Waals surface area contributed by atoms with E-state index in [1.807, 2.05) is 12.4 Å². The number of nitrogens with one attached hydrogen (secondary N) is 2. The highest BCUT2D eigenvalue weighted by molar-refractivity contribution is 5.14. The Morgan fingerprint density at radius 3 is 2.82 bits per heavy atom. The summed E-state index contributed by atoms with van der Waals surface area (Å²) in [5.74, 6) is 0. The Kier molecular flexibility index (Phi) is 4.51. The summed E-state index contributed by atoms with van der Waals surface area (Å²) in [6.07, 6.45) is 7.59. The fraction of sp³-hybridized carbons (Fsp3) is 0.643. The molecule has 0 amide bonds. The first-order chi connectivity index (χ1) is 8.25. The van der Waals surface area contributed by atoms with Crippen molar-refractivity contribution in [3.05, 3.63) is 30.1 Å². The van der Waals surface area contributed by atoms with E-state index in [9.17, 15) is 0 Å². The van der Waals surface area contributed by atoms with Crippen LogP contribution in [0.15, 0.2) is 24.5 Å². The van der Waals surface area contributed by atoms with E-state index in [1.54, 1.807) is 0 Å². The first-order valence-electron chi connectivity index (χ1n) is 6.65. The van der Waals surface area contributed by atoms with Gasteiger partial charge in [-0.25, -0.2) is 0 Å². The van der Waals surface area contributed by atoms with E-state index in [-0.39, 0.29) is 0 Å². The van der Waals surface area contributed by atoms with Crippen LogP contribution in [0.25, 0.3) is 0 Å². The van der Waals surface area contributed by atoms with Crippen molar-refractivity contribution in [2.24, 2.45) is 0 Å². The fourth-order valence-corrected chi connectivity index (χ4v) is 2.63. The van der Waals surface area contributed by atoms with Crippen molar-refractivity contribution in [3.8, 4) is 0 Å². The largest absolute Gasteiger partial charge is 0.314 e. The minimum absolute atomic E-state index is 0.398. The van der Waals surface area contributed by atoms with Crippen molar-refractivity contribution in [2.45, 2.75) is 51.2 Å². The zero-order chi connectivity index (χ0) is 12.1. The highest BCUT2D eigenvalue weighted by Gasteiger charge is 2.18. The summed E-state index contributed by atoms with van der Waals surface area (Å²) in [7, 11) is 0. The van der Waals surface area contributed by atoms with Crippen LogP contribution in [0.5, 0.6) is 0 Å². The molecule has 0 aromatic carbocycles. The van der Waals surface area contributed by atoms with E-state index >= 15 is 0 Å². The number of pyridine rings is 1. The van der Waals surface area contributed by atoms with Gasteiger partial charge in [-0.2, -0.15) is 0 Å². The van der Waals surface area contributed by atoms with Crippen LogP contribution in [-0.2, 0) is 0 Å². The second-order valence-corrected chi connectivity index (χ2v) is 5.10. The molecular weight excluding hydrogens is 210 g/mol. The minimum Gasteiger partial charge on any atom is -0.314 e. The molecule has 0 saturated carbocycles. The Balaban J connectivity index is 1.79. The summed E-state index contributed by atoms with van der Waals surface area (Å²) in [6.45, 7) is 5.68. The summed E-state index contributed by atoms with van der Waals surface area (Å²) in [5, 5.41) is 7.21. The van der Waals surface area contributed by atoms with Crippen molar-refractivity contribution in [1.29, 1.82) is 0 Å². The zero-order valence-corrected chi connectivity index (χ0v) is 10.8. The van der Waals surface area contributed by atoms with Gasteiger partial charge in [0.05, 0.1) is 0 Å². The van der Waals surface area contributed by atoms with Gasteiger partial charge in [0.2, 0.25) is 0 Å². The maximum atomic E-state index is 4.05. The van der Waals surface area contributed by atoms with Gasteiger partial charge in [-0.3, -0.25) is 4.98 Å². The predicted octanol–water partition coefficient (Wildman–Crippen LogP) is 2.26. The van der Waals surface area contributed by atoms with E-state index in [2.05, 4.69) is 41.6 Å². The van der Waals surface area contributed by atoms with Gasteiger partial charge in [0.1, 0.15) is 0 Å². The van der Waals surface area contributed by atoms with Crippen LogP contribution in [0, 0.1) is 0 Å². The molecule has 2 N–H and O–H groups in total. The Morgan fingerprint density at radius 2 is 2.18 bits per heavy atom.